The zero-order chi connectivity index (χ0) is 21.3. The first-order valence-electron chi connectivity index (χ1n) is 9.23. The molecule has 0 fully saturated rings. The van der Waals surface area contributed by atoms with E-state index in [0.717, 1.165) is 5.56 Å². The van der Waals surface area contributed by atoms with Crippen molar-refractivity contribution >= 4 is 23.2 Å². The van der Waals surface area contributed by atoms with E-state index in [2.05, 4.69) is 15.8 Å². The Morgan fingerprint density at radius 2 is 1.60 bits per heavy atom. The maximum Gasteiger partial charge on any atom is 0.275 e. The Labute approximate surface area is 174 Å². The maximum absolute atomic E-state index is 12.1. The van der Waals surface area contributed by atoms with Crippen LogP contribution in [-0.4, -0.2) is 29.2 Å². The molecule has 7 heteroatoms. The number of phenols is 1. The summed E-state index contributed by atoms with van der Waals surface area (Å²) in [6, 6.07) is 22.4. The lowest BCUT2D eigenvalue weighted by Crippen LogP contribution is -2.20. The van der Waals surface area contributed by atoms with Crippen LogP contribution in [0.2, 0.25) is 0 Å². The van der Waals surface area contributed by atoms with Crippen LogP contribution < -0.4 is 15.5 Å². The van der Waals surface area contributed by atoms with Gasteiger partial charge >= 0.3 is 0 Å². The quantitative estimate of drug-likeness (QED) is 0.415. The number of carbonyl (C=O) groups excluding carboxylic acids is 2. The van der Waals surface area contributed by atoms with Crippen LogP contribution in [0.3, 0.4) is 0 Å². The number of rotatable bonds is 7. The number of phenolic OH excluding ortho intramolecular Hbond substituents is 1. The third kappa shape index (κ3) is 5.68. The minimum Gasteiger partial charge on any atom is -0.507 e. The molecule has 152 valence electrons. The van der Waals surface area contributed by atoms with Crippen molar-refractivity contribution in [2.24, 2.45) is 5.10 Å². The summed E-state index contributed by atoms with van der Waals surface area (Å²) in [5.41, 5.74) is 4.62. The minimum absolute atomic E-state index is 0.111. The van der Waals surface area contributed by atoms with Gasteiger partial charge in [0.15, 0.2) is 6.61 Å². The van der Waals surface area contributed by atoms with Crippen LogP contribution in [0.5, 0.6) is 11.5 Å². The second kappa shape index (κ2) is 9.88. The van der Waals surface area contributed by atoms with Gasteiger partial charge in [0.05, 0.1) is 11.3 Å². The van der Waals surface area contributed by atoms with Crippen molar-refractivity contribution < 1.29 is 19.4 Å². The highest BCUT2D eigenvalue weighted by Crippen LogP contribution is 2.16. The number of hydrogen-bond donors (Lipinski definition) is 3. The summed E-state index contributed by atoms with van der Waals surface area (Å²) in [5.74, 6) is -0.333. The normalized spacial score (nSPS) is 10.9. The zero-order valence-electron chi connectivity index (χ0n) is 16.3. The van der Waals surface area contributed by atoms with Gasteiger partial charge in [0.1, 0.15) is 11.5 Å². The first kappa shape index (κ1) is 20.6. The van der Waals surface area contributed by atoms with Crippen LogP contribution in [0.1, 0.15) is 22.8 Å². The molecule has 0 aromatic heterocycles. The van der Waals surface area contributed by atoms with Gasteiger partial charge in [-0.1, -0.05) is 30.3 Å². The summed E-state index contributed by atoms with van der Waals surface area (Å²) in [6.45, 7) is 1.63. The monoisotopic (exact) mass is 403 g/mol. The summed E-state index contributed by atoms with van der Waals surface area (Å²) in [4.78, 5) is 24.0. The fourth-order valence-corrected chi connectivity index (χ4v) is 2.58. The molecule has 0 atom stereocenters. The van der Waals surface area contributed by atoms with Gasteiger partial charge in [0.2, 0.25) is 0 Å². The summed E-state index contributed by atoms with van der Waals surface area (Å²) >= 11 is 0. The molecule has 0 saturated heterocycles. The van der Waals surface area contributed by atoms with E-state index in [-0.39, 0.29) is 23.8 Å². The van der Waals surface area contributed by atoms with E-state index in [9.17, 15) is 14.7 Å². The molecule has 7 nitrogen and oxygen atoms in total. The number of anilines is 1. The first-order valence-corrected chi connectivity index (χ1v) is 9.23. The molecule has 0 bridgehead atoms. The van der Waals surface area contributed by atoms with Crippen molar-refractivity contribution in [2.75, 3.05) is 11.9 Å². The zero-order valence-corrected chi connectivity index (χ0v) is 16.3. The molecule has 0 heterocycles. The van der Waals surface area contributed by atoms with Gasteiger partial charge in [-0.15, -0.1) is 0 Å². The Kier molecular flexibility index (Phi) is 6.78. The van der Waals surface area contributed by atoms with Gasteiger partial charge in [-0.25, -0.2) is 5.43 Å². The van der Waals surface area contributed by atoms with E-state index in [4.69, 9.17) is 4.74 Å². The summed E-state index contributed by atoms with van der Waals surface area (Å²) < 4.78 is 5.49. The predicted molar refractivity (Wildman–Crippen MR) is 115 cm³/mol. The van der Waals surface area contributed by atoms with E-state index >= 15 is 0 Å². The van der Waals surface area contributed by atoms with Crippen molar-refractivity contribution in [3.05, 3.63) is 90.0 Å². The molecule has 3 aromatic carbocycles. The minimum atomic E-state index is -0.503. The molecule has 0 radical (unpaired) electrons. The number of aromatic hydroxyl groups is 1. The number of para-hydroxylation sites is 2. The van der Waals surface area contributed by atoms with Crippen LogP contribution in [0.4, 0.5) is 5.69 Å². The second-order valence-corrected chi connectivity index (χ2v) is 6.38. The van der Waals surface area contributed by atoms with Crippen LogP contribution in [0.25, 0.3) is 0 Å². The standard InChI is InChI=1S/C23H21N3O4/c1-16(25-26-23(29)20-9-5-6-10-21(20)27)17-11-13-19(14-12-17)30-15-22(28)24-18-7-3-2-4-8-18/h2-14,27H,15H2,1H3,(H,24,28)(H,26,29)/b25-16-. The molecule has 0 aliphatic carbocycles. The Balaban J connectivity index is 1.53. The van der Waals surface area contributed by atoms with E-state index in [0.29, 0.717) is 17.1 Å². The largest absolute Gasteiger partial charge is 0.507 e. The molecule has 0 spiro atoms. The fourth-order valence-electron chi connectivity index (χ4n) is 2.58. The number of benzene rings is 3. The van der Waals surface area contributed by atoms with Crippen molar-refractivity contribution in [1.29, 1.82) is 0 Å². The van der Waals surface area contributed by atoms with Crippen LogP contribution in [0.15, 0.2) is 84.0 Å². The third-order valence-corrected chi connectivity index (χ3v) is 4.17. The van der Waals surface area contributed by atoms with Gasteiger partial charge in [0, 0.05) is 5.69 Å². The molecule has 3 aromatic rings. The van der Waals surface area contributed by atoms with E-state index in [1.165, 1.54) is 12.1 Å². The average Bonchev–Trinajstić information content (AvgIpc) is 2.77. The third-order valence-electron chi connectivity index (χ3n) is 4.17. The molecule has 3 rings (SSSR count). The van der Waals surface area contributed by atoms with Gasteiger partial charge in [0.25, 0.3) is 11.8 Å². The number of hydrazone groups is 1. The molecule has 0 aliphatic heterocycles. The van der Waals surface area contributed by atoms with Gasteiger partial charge in [-0.2, -0.15) is 5.10 Å². The summed E-state index contributed by atoms with van der Waals surface area (Å²) in [7, 11) is 0. The van der Waals surface area contributed by atoms with E-state index in [1.54, 1.807) is 55.5 Å². The van der Waals surface area contributed by atoms with Crippen molar-refractivity contribution in [1.82, 2.24) is 5.43 Å². The molecule has 0 unspecified atom stereocenters. The van der Waals surface area contributed by atoms with Crippen molar-refractivity contribution in [2.45, 2.75) is 6.92 Å². The van der Waals surface area contributed by atoms with Crippen molar-refractivity contribution in [3.8, 4) is 11.5 Å². The molecule has 0 saturated carbocycles. The lowest BCUT2D eigenvalue weighted by atomic mass is 10.1. The number of nitrogens with zero attached hydrogens (tertiary/aromatic N) is 1. The Bertz CT molecular complexity index is 1050. The summed E-state index contributed by atoms with van der Waals surface area (Å²) in [5, 5.41) is 16.5. The Morgan fingerprint density at radius 3 is 2.30 bits per heavy atom. The fraction of sp³-hybridized carbons (Fsp3) is 0.0870. The van der Waals surface area contributed by atoms with E-state index in [1.807, 2.05) is 18.2 Å². The van der Waals surface area contributed by atoms with Crippen LogP contribution >= 0.6 is 0 Å². The summed E-state index contributed by atoms with van der Waals surface area (Å²) in [6.07, 6.45) is 0. The predicted octanol–water partition coefficient (Wildman–Crippen LogP) is 3.56. The molecule has 3 N–H and O–H groups in total. The maximum atomic E-state index is 12.1. The lowest BCUT2D eigenvalue weighted by molar-refractivity contribution is -0.118. The first-order chi connectivity index (χ1) is 14.5. The Morgan fingerprint density at radius 1 is 0.933 bits per heavy atom. The van der Waals surface area contributed by atoms with Gasteiger partial charge in [-0.05, 0) is 61.0 Å². The number of nitrogens with one attached hydrogen (secondary N) is 2. The molecule has 0 aliphatic rings. The van der Waals surface area contributed by atoms with Crippen LogP contribution in [0, 0.1) is 0 Å². The van der Waals surface area contributed by atoms with Crippen molar-refractivity contribution in [3.63, 3.8) is 0 Å². The smallest absolute Gasteiger partial charge is 0.275 e. The molecular formula is C23H21N3O4. The second-order valence-electron chi connectivity index (χ2n) is 6.38. The highest BCUT2D eigenvalue weighted by Gasteiger charge is 2.09. The molecule has 2 amide bonds. The molecule has 30 heavy (non-hydrogen) atoms. The highest BCUT2D eigenvalue weighted by molar-refractivity contribution is 6.01. The number of carbonyl (C=O) groups is 2. The Hall–Kier alpha value is -4.13. The van der Waals surface area contributed by atoms with Gasteiger partial charge in [-0.3, -0.25) is 9.59 Å². The number of amides is 2. The highest BCUT2D eigenvalue weighted by atomic mass is 16.5. The average molecular weight is 403 g/mol. The van der Waals surface area contributed by atoms with E-state index < -0.39 is 5.91 Å². The lowest BCUT2D eigenvalue weighted by Gasteiger charge is -2.08. The SMILES string of the molecule is C/C(=N/NC(=O)c1ccccc1O)c1ccc(OCC(=O)Nc2ccccc2)cc1. The number of hydrogen-bond acceptors (Lipinski definition) is 5. The molecular weight excluding hydrogens is 382 g/mol. The topological polar surface area (TPSA) is 100 Å². The van der Waals surface area contributed by atoms with Gasteiger partial charge < -0.3 is 15.2 Å². The number of ether oxygens (including phenoxy) is 1. The van der Waals surface area contributed by atoms with Crippen LogP contribution in [-0.2, 0) is 4.79 Å².